The van der Waals surface area contributed by atoms with Gasteiger partial charge in [0.15, 0.2) is 17.7 Å². The molecule has 0 aliphatic rings. The predicted molar refractivity (Wildman–Crippen MR) is 98.7 cm³/mol. The van der Waals surface area contributed by atoms with Crippen LogP contribution in [0.4, 0.5) is 4.39 Å². The second-order valence-corrected chi connectivity index (χ2v) is 5.95. The summed E-state index contributed by atoms with van der Waals surface area (Å²) in [5.41, 5.74) is 5.59. The van der Waals surface area contributed by atoms with Gasteiger partial charge in [-0.15, -0.1) is 0 Å². The number of halogens is 1. The van der Waals surface area contributed by atoms with E-state index < -0.39 is 17.8 Å². The van der Waals surface area contributed by atoms with E-state index in [-0.39, 0.29) is 18.1 Å². The molecule has 0 heterocycles. The maximum absolute atomic E-state index is 13.5. The molecule has 0 aromatic heterocycles. The zero-order valence-electron chi connectivity index (χ0n) is 15.3. The second-order valence-electron chi connectivity index (χ2n) is 5.95. The van der Waals surface area contributed by atoms with Crippen molar-refractivity contribution in [2.45, 2.75) is 32.8 Å². The van der Waals surface area contributed by atoms with Crippen LogP contribution in [-0.4, -0.2) is 24.5 Å². The van der Waals surface area contributed by atoms with E-state index in [0.29, 0.717) is 13.0 Å². The van der Waals surface area contributed by atoms with Gasteiger partial charge in [-0.05, 0) is 44.0 Å². The Morgan fingerprint density at radius 1 is 1.04 bits per heavy atom. The normalized spacial score (nSPS) is 11.4. The Bertz CT molecular complexity index is 782. The van der Waals surface area contributed by atoms with Crippen LogP contribution in [0.2, 0.25) is 0 Å². The van der Waals surface area contributed by atoms with Crippen LogP contribution in [0.3, 0.4) is 0 Å². The van der Waals surface area contributed by atoms with Gasteiger partial charge in [0.1, 0.15) is 5.75 Å². The van der Waals surface area contributed by atoms with Gasteiger partial charge < -0.3 is 9.47 Å². The number of hydrogen-bond acceptors (Lipinski definition) is 4. The third-order valence-electron chi connectivity index (χ3n) is 3.73. The molecule has 27 heavy (non-hydrogen) atoms. The summed E-state index contributed by atoms with van der Waals surface area (Å²) in [5, 5.41) is 0. The van der Waals surface area contributed by atoms with E-state index in [9.17, 15) is 14.0 Å². The molecule has 0 spiro atoms. The first-order valence-electron chi connectivity index (χ1n) is 8.65. The number of ether oxygens (including phenoxy) is 2. The van der Waals surface area contributed by atoms with E-state index in [2.05, 4.69) is 10.9 Å². The van der Waals surface area contributed by atoms with Gasteiger partial charge in [0.2, 0.25) is 5.91 Å². The number of benzene rings is 2. The van der Waals surface area contributed by atoms with Crippen LogP contribution in [0, 0.1) is 12.7 Å². The monoisotopic (exact) mass is 374 g/mol. The van der Waals surface area contributed by atoms with Crippen LogP contribution in [0.15, 0.2) is 48.5 Å². The highest BCUT2D eigenvalue weighted by Crippen LogP contribution is 2.17. The summed E-state index contributed by atoms with van der Waals surface area (Å²) < 4.78 is 24.4. The molecule has 0 saturated heterocycles. The first-order valence-corrected chi connectivity index (χ1v) is 8.65. The Morgan fingerprint density at radius 2 is 1.70 bits per heavy atom. The van der Waals surface area contributed by atoms with Crippen molar-refractivity contribution < 1.29 is 23.5 Å². The standard InChI is InChI=1S/C20H23FN2O4/c1-14-8-3-5-10-17(14)26-13-7-12-19(24)22-23-20(25)15(2)27-18-11-6-4-9-16(18)21/h3-6,8-11,15H,7,12-13H2,1-2H3,(H,22,24)(H,23,25). The molecule has 2 aromatic rings. The molecule has 0 bridgehead atoms. The molecule has 0 saturated carbocycles. The van der Waals surface area contributed by atoms with Gasteiger partial charge in [0, 0.05) is 6.42 Å². The number of carbonyl (C=O) groups excluding carboxylic acids is 2. The van der Waals surface area contributed by atoms with Crippen molar-refractivity contribution >= 4 is 11.8 Å². The Hall–Kier alpha value is -3.09. The maximum atomic E-state index is 13.5. The lowest BCUT2D eigenvalue weighted by Gasteiger charge is -2.15. The number of hydrazine groups is 1. The fourth-order valence-corrected chi connectivity index (χ4v) is 2.21. The molecule has 2 aromatic carbocycles. The molecule has 0 aliphatic heterocycles. The Kier molecular flexibility index (Phi) is 7.61. The number of rotatable bonds is 8. The lowest BCUT2D eigenvalue weighted by molar-refractivity contribution is -0.132. The maximum Gasteiger partial charge on any atom is 0.279 e. The van der Waals surface area contributed by atoms with Crippen molar-refractivity contribution in [1.29, 1.82) is 0 Å². The van der Waals surface area contributed by atoms with Crippen LogP contribution in [0.5, 0.6) is 11.5 Å². The second kappa shape index (κ2) is 10.2. The van der Waals surface area contributed by atoms with Gasteiger partial charge in [-0.1, -0.05) is 30.3 Å². The summed E-state index contributed by atoms with van der Waals surface area (Å²) in [6.45, 7) is 3.80. The van der Waals surface area contributed by atoms with Crippen molar-refractivity contribution in [1.82, 2.24) is 10.9 Å². The van der Waals surface area contributed by atoms with Crippen LogP contribution < -0.4 is 20.3 Å². The lowest BCUT2D eigenvalue weighted by Crippen LogP contribution is -2.47. The number of aryl methyl sites for hydroxylation is 1. The summed E-state index contributed by atoms with van der Waals surface area (Å²) in [6, 6.07) is 13.4. The molecule has 2 amide bonds. The van der Waals surface area contributed by atoms with E-state index >= 15 is 0 Å². The van der Waals surface area contributed by atoms with E-state index in [1.165, 1.54) is 25.1 Å². The van der Waals surface area contributed by atoms with Gasteiger partial charge in [-0.2, -0.15) is 0 Å². The van der Waals surface area contributed by atoms with Crippen LogP contribution in [0.25, 0.3) is 0 Å². The highest BCUT2D eigenvalue weighted by atomic mass is 19.1. The van der Waals surface area contributed by atoms with Crippen molar-refractivity contribution in [3.05, 3.63) is 59.9 Å². The fourth-order valence-electron chi connectivity index (χ4n) is 2.21. The summed E-state index contributed by atoms with van der Waals surface area (Å²) in [7, 11) is 0. The fraction of sp³-hybridized carbons (Fsp3) is 0.300. The highest BCUT2D eigenvalue weighted by Gasteiger charge is 2.17. The smallest absolute Gasteiger partial charge is 0.279 e. The number of hydrogen-bond donors (Lipinski definition) is 2. The van der Waals surface area contributed by atoms with E-state index in [0.717, 1.165) is 11.3 Å². The molecule has 7 heteroatoms. The molecular weight excluding hydrogens is 351 g/mol. The van der Waals surface area contributed by atoms with Gasteiger partial charge in [-0.25, -0.2) is 4.39 Å². The predicted octanol–water partition coefficient (Wildman–Crippen LogP) is 2.91. The molecule has 144 valence electrons. The summed E-state index contributed by atoms with van der Waals surface area (Å²) in [6.07, 6.45) is -0.280. The Balaban J connectivity index is 1.65. The molecule has 2 rings (SSSR count). The zero-order chi connectivity index (χ0) is 19.6. The average molecular weight is 374 g/mol. The number of carbonyl (C=O) groups is 2. The molecule has 0 fully saturated rings. The van der Waals surface area contributed by atoms with E-state index in [1.807, 2.05) is 31.2 Å². The molecule has 2 N–H and O–H groups in total. The highest BCUT2D eigenvalue weighted by molar-refractivity contribution is 5.84. The topological polar surface area (TPSA) is 76.7 Å². The molecule has 1 unspecified atom stereocenters. The Morgan fingerprint density at radius 3 is 2.41 bits per heavy atom. The molecule has 6 nitrogen and oxygen atoms in total. The minimum atomic E-state index is -0.966. The first-order chi connectivity index (χ1) is 13.0. The number of nitrogens with one attached hydrogen (secondary N) is 2. The van der Waals surface area contributed by atoms with Gasteiger partial charge in [0.05, 0.1) is 6.61 Å². The lowest BCUT2D eigenvalue weighted by atomic mass is 10.2. The summed E-state index contributed by atoms with van der Waals surface area (Å²) in [4.78, 5) is 23.7. The van der Waals surface area contributed by atoms with E-state index in [1.54, 1.807) is 6.07 Å². The van der Waals surface area contributed by atoms with Crippen molar-refractivity contribution in [2.75, 3.05) is 6.61 Å². The van der Waals surface area contributed by atoms with Crippen LogP contribution in [-0.2, 0) is 9.59 Å². The minimum absolute atomic E-state index is 0.0279. The molecule has 1 atom stereocenters. The third kappa shape index (κ3) is 6.62. The van der Waals surface area contributed by atoms with Gasteiger partial charge in [-0.3, -0.25) is 20.4 Å². The van der Waals surface area contributed by atoms with Crippen molar-refractivity contribution in [3.8, 4) is 11.5 Å². The zero-order valence-corrected chi connectivity index (χ0v) is 15.3. The number of amides is 2. The largest absolute Gasteiger partial charge is 0.493 e. The molecular formula is C20H23FN2O4. The molecule has 0 aliphatic carbocycles. The van der Waals surface area contributed by atoms with Crippen molar-refractivity contribution in [3.63, 3.8) is 0 Å². The van der Waals surface area contributed by atoms with Crippen LogP contribution in [0.1, 0.15) is 25.3 Å². The average Bonchev–Trinajstić information content (AvgIpc) is 2.66. The van der Waals surface area contributed by atoms with E-state index in [4.69, 9.17) is 9.47 Å². The van der Waals surface area contributed by atoms with Gasteiger partial charge in [0.25, 0.3) is 5.91 Å². The first kappa shape index (κ1) is 20.2. The third-order valence-corrected chi connectivity index (χ3v) is 3.73. The van der Waals surface area contributed by atoms with Crippen molar-refractivity contribution in [2.24, 2.45) is 0 Å². The quantitative estimate of drug-likeness (QED) is 0.550. The summed E-state index contributed by atoms with van der Waals surface area (Å²) >= 11 is 0. The van der Waals surface area contributed by atoms with Gasteiger partial charge >= 0.3 is 0 Å². The SMILES string of the molecule is Cc1ccccc1OCCCC(=O)NNC(=O)C(C)Oc1ccccc1F. The summed E-state index contributed by atoms with van der Waals surface area (Å²) in [5.74, 6) is -0.738. The van der Waals surface area contributed by atoms with Crippen LogP contribution >= 0.6 is 0 Å². The molecule has 0 radical (unpaired) electrons. The number of para-hydroxylation sites is 2. The minimum Gasteiger partial charge on any atom is -0.493 e. The Labute approximate surface area is 157 Å².